The highest BCUT2D eigenvalue weighted by Gasteiger charge is 2.37. The zero-order chi connectivity index (χ0) is 9.30. The van der Waals surface area contributed by atoms with Crippen molar-refractivity contribution in [3.05, 3.63) is 0 Å². The molecule has 0 aromatic heterocycles. The van der Waals surface area contributed by atoms with Gasteiger partial charge in [-0.25, -0.2) is 3.11 Å². The summed E-state index contributed by atoms with van der Waals surface area (Å²) in [5, 5.41) is 0. The molecule has 0 radical (unpaired) electrons. The van der Waals surface area contributed by atoms with Crippen molar-refractivity contribution in [1.82, 2.24) is 3.11 Å². The summed E-state index contributed by atoms with van der Waals surface area (Å²) in [4.78, 5) is 22.4. The molecule has 0 aromatic carbocycles. The maximum Gasteiger partial charge on any atom is 0.241 e. The van der Waals surface area contributed by atoms with Crippen molar-refractivity contribution in [2.24, 2.45) is 11.8 Å². The van der Waals surface area contributed by atoms with Crippen molar-refractivity contribution in [2.75, 3.05) is 0 Å². The van der Waals surface area contributed by atoms with E-state index in [-0.39, 0.29) is 17.7 Å². The Hall–Kier alpha value is -0.130. The first-order chi connectivity index (χ1) is 5.52. The van der Waals surface area contributed by atoms with Gasteiger partial charge in [-0.05, 0) is 12.3 Å². The molecule has 12 heavy (non-hydrogen) atoms. The van der Waals surface area contributed by atoms with Crippen LogP contribution in [-0.2, 0) is 9.59 Å². The molecule has 0 N–H and O–H groups in total. The van der Waals surface area contributed by atoms with Crippen molar-refractivity contribution in [2.45, 2.75) is 26.7 Å². The van der Waals surface area contributed by atoms with Crippen LogP contribution in [0.25, 0.3) is 0 Å². The van der Waals surface area contributed by atoms with Crippen LogP contribution < -0.4 is 0 Å². The summed E-state index contributed by atoms with van der Waals surface area (Å²) in [5.41, 5.74) is 0. The molecule has 1 atom stereocenters. The number of rotatable bonds is 2. The van der Waals surface area contributed by atoms with Crippen molar-refractivity contribution in [3.63, 3.8) is 0 Å². The van der Waals surface area contributed by atoms with Gasteiger partial charge in [0.1, 0.15) is 0 Å². The van der Waals surface area contributed by atoms with Gasteiger partial charge in [-0.3, -0.25) is 9.59 Å². The average Bonchev–Trinajstić information content (AvgIpc) is 2.17. The number of amides is 2. The van der Waals surface area contributed by atoms with Gasteiger partial charge in [-0.2, -0.15) is 0 Å². The molecule has 3 nitrogen and oxygen atoms in total. The Morgan fingerprint density at radius 2 is 2.17 bits per heavy atom. The standard InChI is InChI=1S/C8H12INO2/c1-5(2)3-6-4-7(11)10(9)8(6)12/h5-6H,3-4H2,1-2H3. The zero-order valence-corrected chi connectivity index (χ0v) is 9.37. The molecular weight excluding hydrogens is 269 g/mol. The molecule has 2 amide bonds. The van der Waals surface area contributed by atoms with Crippen LogP contribution in [0.2, 0.25) is 0 Å². The Labute approximate surface area is 86.0 Å². The van der Waals surface area contributed by atoms with Gasteiger partial charge < -0.3 is 0 Å². The summed E-state index contributed by atoms with van der Waals surface area (Å²) < 4.78 is 1.21. The quantitative estimate of drug-likeness (QED) is 0.439. The largest absolute Gasteiger partial charge is 0.274 e. The normalized spacial score (nSPS) is 24.3. The third kappa shape index (κ3) is 1.97. The fourth-order valence-electron chi connectivity index (χ4n) is 1.41. The highest BCUT2D eigenvalue weighted by atomic mass is 127. The molecule has 0 aromatic rings. The number of nitrogens with zero attached hydrogens (tertiary/aromatic N) is 1. The van der Waals surface area contributed by atoms with E-state index in [1.807, 2.05) is 0 Å². The molecule has 0 aliphatic carbocycles. The van der Waals surface area contributed by atoms with Crippen LogP contribution in [-0.4, -0.2) is 14.9 Å². The fourth-order valence-corrected chi connectivity index (χ4v) is 2.01. The van der Waals surface area contributed by atoms with Crippen LogP contribution in [0.15, 0.2) is 0 Å². The molecule has 1 saturated heterocycles. The van der Waals surface area contributed by atoms with E-state index in [9.17, 15) is 9.59 Å². The first-order valence-electron chi connectivity index (χ1n) is 4.05. The summed E-state index contributed by atoms with van der Waals surface area (Å²) in [6.45, 7) is 4.13. The monoisotopic (exact) mass is 281 g/mol. The number of carbonyl (C=O) groups is 2. The molecular formula is C8H12INO2. The van der Waals surface area contributed by atoms with E-state index in [4.69, 9.17) is 0 Å². The minimum atomic E-state index is -0.0607. The van der Waals surface area contributed by atoms with Crippen LogP contribution in [0.3, 0.4) is 0 Å². The van der Waals surface area contributed by atoms with E-state index < -0.39 is 0 Å². The second-order valence-electron chi connectivity index (χ2n) is 3.54. The third-order valence-electron chi connectivity index (χ3n) is 1.94. The van der Waals surface area contributed by atoms with Gasteiger partial charge in [0.2, 0.25) is 11.8 Å². The third-order valence-corrected chi connectivity index (χ3v) is 2.95. The summed E-state index contributed by atoms with van der Waals surface area (Å²) in [6, 6.07) is 0. The minimum absolute atomic E-state index is 0.0192. The molecule has 0 saturated carbocycles. The molecule has 1 unspecified atom stereocenters. The lowest BCUT2D eigenvalue weighted by Crippen LogP contribution is -2.20. The van der Waals surface area contributed by atoms with Gasteiger partial charge in [0.05, 0.1) is 22.9 Å². The molecule has 1 aliphatic heterocycles. The maximum atomic E-state index is 11.3. The molecule has 1 aliphatic rings. The van der Waals surface area contributed by atoms with Crippen molar-refractivity contribution in [1.29, 1.82) is 0 Å². The van der Waals surface area contributed by atoms with Gasteiger partial charge in [-0.1, -0.05) is 13.8 Å². The van der Waals surface area contributed by atoms with Crippen LogP contribution in [0.4, 0.5) is 0 Å². The van der Waals surface area contributed by atoms with Gasteiger partial charge in [0, 0.05) is 12.3 Å². The van der Waals surface area contributed by atoms with Gasteiger partial charge >= 0.3 is 0 Å². The lowest BCUT2D eigenvalue weighted by Gasteiger charge is -2.09. The van der Waals surface area contributed by atoms with Crippen LogP contribution >= 0.6 is 22.9 Å². The molecule has 0 bridgehead atoms. The van der Waals surface area contributed by atoms with Crippen LogP contribution in [0.5, 0.6) is 0 Å². The summed E-state index contributed by atoms with van der Waals surface area (Å²) in [6.07, 6.45) is 1.23. The van der Waals surface area contributed by atoms with Crippen LogP contribution in [0, 0.1) is 11.8 Å². The Morgan fingerprint density at radius 3 is 2.50 bits per heavy atom. The Bertz CT molecular complexity index is 215. The number of hydrogen-bond donors (Lipinski definition) is 0. The molecule has 1 fully saturated rings. The summed E-state index contributed by atoms with van der Waals surface area (Å²) in [7, 11) is 0. The number of imide groups is 1. The first kappa shape index (κ1) is 9.95. The topological polar surface area (TPSA) is 37.4 Å². The highest BCUT2D eigenvalue weighted by molar-refractivity contribution is 14.1. The predicted molar refractivity (Wildman–Crippen MR) is 53.4 cm³/mol. The van der Waals surface area contributed by atoms with Crippen LogP contribution in [0.1, 0.15) is 26.7 Å². The molecule has 0 spiro atoms. The Balaban J connectivity index is 2.59. The smallest absolute Gasteiger partial charge is 0.241 e. The Morgan fingerprint density at radius 1 is 1.58 bits per heavy atom. The van der Waals surface area contributed by atoms with Crippen molar-refractivity contribution < 1.29 is 9.59 Å². The zero-order valence-electron chi connectivity index (χ0n) is 7.21. The molecule has 1 heterocycles. The molecule has 4 heteroatoms. The maximum absolute atomic E-state index is 11.3. The lowest BCUT2D eigenvalue weighted by molar-refractivity contribution is -0.131. The minimum Gasteiger partial charge on any atom is -0.274 e. The fraction of sp³-hybridized carbons (Fsp3) is 0.750. The molecule has 1 rings (SSSR count). The van der Waals surface area contributed by atoms with Crippen molar-refractivity contribution in [3.8, 4) is 0 Å². The first-order valence-corrected chi connectivity index (χ1v) is 5.01. The summed E-state index contributed by atoms with van der Waals surface area (Å²) >= 11 is 1.78. The lowest BCUT2D eigenvalue weighted by atomic mass is 9.96. The van der Waals surface area contributed by atoms with E-state index in [1.165, 1.54) is 3.11 Å². The predicted octanol–water partition coefficient (Wildman–Crippen LogP) is 1.76. The second kappa shape index (κ2) is 3.72. The highest BCUT2D eigenvalue weighted by Crippen LogP contribution is 2.27. The van der Waals surface area contributed by atoms with E-state index in [0.29, 0.717) is 12.3 Å². The van der Waals surface area contributed by atoms with E-state index in [0.717, 1.165) is 6.42 Å². The number of halogens is 1. The SMILES string of the molecule is CC(C)CC1CC(=O)N(I)C1=O. The van der Waals surface area contributed by atoms with E-state index in [2.05, 4.69) is 13.8 Å². The number of carbonyl (C=O) groups excluding carboxylic acids is 2. The van der Waals surface area contributed by atoms with Gasteiger partial charge in [0.15, 0.2) is 0 Å². The Kier molecular flexibility index (Phi) is 3.09. The van der Waals surface area contributed by atoms with Crippen molar-refractivity contribution >= 4 is 34.7 Å². The number of hydrogen-bond acceptors (Lipinski definition) is 2. The van der Waals surface area contributed by atoms with E-state index >= 15 is 0 Å². The average molecular weight is 281 g/mol. The van der Waals surface area contributed by atoms with Gasteiger partial charge in [-0.15, -0.1) is 0 Å². The van der Waals surface area contributed by atoms with E-state index in [1.54, 1.807) is 22.9 Å². The van der Waals surface area contributed by atoms with Gasteiger partial charge in [0.25, 0.3) is 0 Å². The second-order valence-corrected chi connectivity index (χ2v) is 4.51. The molecule has 68 valence electrons. The summed E-state index contributed by atoms with van der Waals surface area (Å²) in [5.74, 6) is 0.351.